The van der Waals surface area contributed by atoms with Gasteiger partial charge in [0.2, 0.25) is 5.91 Å². The molecule has 0 bridgehead atoms. The van der Waals surface area contributed by atoms with Gasteiger partial charge in [-0.05, 0) is 12.1 Å². The number of nitrogens with one attached hydrogen (secondary N) is 1. The molecule has 0 aliphatic heterocycles. The average Bonchev–Trinajstić information content (AvgIpc) is 2.91. The minimum atomic E-state index is -2.94. The van der Waals surface area contributed by atoms with Crippen molar-refractivity contribution in [2.45, 2.75) is 11.0 Å². The van der Waals surface area contributed by atoms with E-state index in [-0.39, 0.29) is 23.1 Å². The number of alkyl halides is 2. The zero-order valence-electron chi connectivity index (χ0n) is 9.95. The van der Waals surface area contributed by atoms with Crippen molar-refractivity contribution in [3.63, 3.8) is 0 Å². The SMILES string of the molecule is O=C(CSc1nncs1)Nc1ccccc1OC(F)F. The van der Waals surface area contributed by atoms with E-state index in [2.05, 4.69) is 20.3 Å². The van der Waals surface area contributed by atoms with E-state index in [1.165, 1.54) is 35.2 Å². The molecule has 0 saturated heterocycles. The maximum Gasteiger partial charge on any atom is 0.387 e. The summed E-state index contributed by atoms with van der Waals surface area (Å²) in [7, 11) is 0. The van der Waals surface area contributed by atoms with Crippen LogP contribution >= 0.6 is 23.1 Å². The first kappa shape index (κ1) is 14.7. The van der Waals surface area contributed by atoms with E-state index in [1.54, 1.807) is 17.6 Å². The van der Waals surface area contributed by atoms with Gasteiger partial charge in [0, 0.05) is 0 Å². The van der Waals surface area contributed by atoms with Gasteiger partial charge in [-0.2, -0.15) is 8.78 Å². The Balaban J connectivity index is 1.93. The number of hydrogen-bond donors (Lipinski definition) is 1. The van der Waals surface area contributed by atoms with E-state index < -0.39 is 6.61 Å². The Bertz CT molecular complexity index is 567. The fourth-order valence-electron chi connectivity index (χ4n) is 1.31. The average molecular weight is 317 g/mol. The molecule has 0 atom stereocenters. The maximum absolute atomic E-state index is 12.2. The number of ether oxygens (including phenoxy) is 1. The zero-order chi connectivity index (χ0) is 14.4. The second kappa shape index (κ2) is 7.15. The predicted molar refractivity (Wildman–Crippen MR) is 72.3 cm³/mol. The minimum Gasteiger partial charge on any atom is -0.433 e. The smallest absolute Gasteiger partial charge is 0.387 e. The third-order valence-electron chi connectivity index (χ3n) is 2.04. The van der Waals surface area contributed by atoms with Crippen molar-refractivity contribution in [3.05, 3.63) is 29.8 Å². The quantitative estimate of drug-likeness (QED) is 0.830. The van der Waals surface area contributed by atoms with Crippen molar-refractivity contribution in [3.8, 4) is 5.75 Å². The molecule has 20 heavy (non-hydrogen) atoms. The molecule has 9 heteroatoms. The molecule has 5 nitrogen and oxygen atoms in total. The highest BCUT2D eigenvalue weighted by molar-refractivity contribution is 8.01. The number of carbonyl (C=O) groups is 1. The Morgan fingerprint density at radius 3 is 2.95 bits per heavy atom. The van der Waals surface area contributed by atoms with Crippen molar-refractivity contribution >= 4 is 34.7 Å². The van der Waals surface area contributed by atoms with Crippen molar-refractivity contribution in [2.75, 3.05) is 11.1 Å². The van der Waals surface area contributed by atoms with Gasteiger partial charge in [-0.15, -0.1) is 10.2 Å². The summed E-state index contributed by atoms with van der Waals surface area (Å²) in [5.74, 6) is -0.301. The Kier molecular flexibility index (Phi) is 5.24. The first-order valence-electron chi connectivity index (χ1n) is 5.38. The summed E-state index contributed by atoms with van der Waals surface area (Å²) < 4.78 is 29.4. The summed E-state index contributed by atoms with van der Waals surface area (Å²) in [6, 6.07) is 6.01. The van der Waals surface area contributed by atoms with Crippen molar-refractivity contribution in [1.82, 2.24) is 10.2 Å². The van der Waals surface area contributed by atoms with Crippen molar-refractivity contribution in [1.29, 1.82) is 0 Å². The van der Waals surface area contributed by atoms with E-state index in [9.17, 15) is 13.6 Å². The first-order valence-corrected chi connectivity index (χ1v) is 7.24. The second-order valence-electron chi connectivity index (χ2n) is 3.42. The molecule has 0 fully saturated rings. The zero-order valence-corrected chi connectivity index (χ0v) is 11.6. The molecule has 1 amide bonds. The summed E-state index contributed by atoms with van der Waals surface area (Å²) in [5, 5.41) is 9.94. The van der Waals surface area contributed by atoms with Crippen LogP contribution < -0.4 is 10.1 Å². The summed E-state index contributed by atoms with van der Waals surface area (Å²) in [6.45, 7) is -2.94. The normalized spacial score (nSPS) is 10.6. The Morgan fingerprint density at radius 1 is 1.45 bits per heavy atom. The van der Waals surface area contributed by atoms with Gasteiger partial charge in [-0.25, -0.2) is 0 Å². The predicted octanol–water partition coefficient (Wildman–Crippen LogP) is 2.87. The summed E-state index contributed by atoms with van der Waals surface area (Å²) in [5.41, 5.74) is 1.77. The molecule has 0 aliphatic rings. The highest BCUT2D eigenvalue weighted by atomic mass is 32.2. The third kappa shape index (κ3) is 4.42. The van der Waals surface area contributed by atoms with E-state index in [1.807, 2.05) is 0 Å². The van der Waals surface area contributed by atoms with Crippen LogP contribution in [0.5, 0.6) is 5.75 Å². The van der Waals surface area contributed by atoms with E-state index in [0.717, 1.165) is 0 Å². The van der Waals surface area contributed by atoms with Gasteiger partial charge < -0.3 is 10.1 Å². The molecule has 1 aromatic heterocycles. The number of benzene rings is 1. The molecule has 2 rings (SSSR count). The van der Waals surface area contributed by atoms with Crippen LogP contribution in [0, 0.1) is 0 Å². The van der Waals surface area contributed by atoms with Gasteiger partial charge in [-0.1, -0.05) is 35.2 Å². The summed E-state index contributed by atoms with van der Waals surface area (Å²) in [6.07, 6.45) is 0. The van der Waals surface area contributed by atoms with Crippen molar-refractivity contribution < 1.29 is 18.3 Å². The van der Waals surface area contributed by atoms with Crippen LogP contribution in [-0.2, 0) is 4.79 Å². The fraction of sp³-hybridized carbons (Fsp3) is 0.182. The lowest BCUT2D eigenvalue weighted by Gasteiger charge is -2.11. The van der Waals surface area contributed by atoms with Crippen LogP contribution in [0.15, 0.2) is 34.1 Å². The molecule has 106 valence electrons. The molecule has 0 saturated carbocycles. The lowest BCUT2D eigenvalue weighted by Crippen LogP contribution is -2.15. The molecule has 0 radical (unpaired) electrons. The van der Waals surface area contributed by atoms with Gasteiger partial charge in [0.1, 0.15) is 11.3 Å². The van der Waals surface area contributed by atoms with Gasteiger partial charge in [0.25, 0.3) is 0 Å². The molecule has 2 aromatic rings. The molecule has 0 aliphatic carbocycles. The minimum absolute atomic E-state index is 0.0724. The van der Waals surface area contributed by atoms with Gasteiger partial charge >= 0.3 is 6.61 Å². The number of carbonyl (C=O) groups excluding carboxylic acids is 1. The van der Waals surface area contributed by atoms with Gasteiger partial charge in [0.05, 0.1) is 11.4 Å². The molecule has 0 unspecified atom stereocenters. The molecular weight excluding hydrogens is 308 g/mol. The number of amides is 1. The summed E-state index contributed by atoms with van der Waals surface area (Å²) >= 11 is 2.54. The molecule has 1 heterocycles. The topological polar surface area (TPSA) is 64.1 Å². The number of hydrogen-bond acceptors (Lipinski definition) is 6. The second-order valence-corrected chi connectivity index (χ2v) is 5.47. The number of thioether (sulfide) groups is 1. The number of anilines is 1. The first-order chi connectivity index (χ1) is 9.65. The van der Waals surface area contributed by atoms with Crippen molar-refractivity contribution in [2.24, 2.45) is 0 Å². The molecule has 1 N–H and O–H groups in total. The van der Waals surface area contributed by atoms with Crippen LogP contribution in [0.4, 0.5) is 14.5 Å². The van der Waals surface area contributed by atoms with Crippen LogP contribution in [-0.4, -0.2) is 28.5 Å². The van der Waals surface area contributed by atoms with Crippen LogP contribution in [0.2, 0.25) is 0 Å². The number of halogens is 2. The van der Waals surface area contributed by atoms with E-state index in [4.69, 9.17) is 0 Å². The lowest BCUT2D eigenvalue weighted by atomic mass is 10.3. The highest BCUT2D eigenvalue weighted by Crippen LogP contribution is 2.26. The largest absolute Gasteiger partial charge is 0.433 e. The summed E-state index contributed by atoms with van der Waals surface area (Å²) in [4.78, 5) is 11.7. The molecular formula is C11H9F2N3O2S2. The Labute approximate surface area is 121 Å². The highest BCUT2D eigenvalue weighted by Gasteiger charge is 2.12. The Hall–Kier alpha value is -1.74. The maximum atomic E-state index is 12.2. The number of rotatable bonds is 6. The lowest BCUT2D eigenvalue weighted by molar-refractivity contribution is -0.113. The number of aromatic nitrogens is 2. The van der Waals surface area contributed by atoms with E-state index >= 15 is 0 Å². The standard InChI is InChI=1S/C11H9F2N3O2S2/c12-10(13)18-8-4-2-1-3-7(8)15-9(17)5-19-11-16-14-6-20-11/h1-4,6,10H,5H2,(H,15,17). The van der Waals surface area contributed by atoms with Crippen LogP contribution in [0.3, 0.4) is 0 Å². The van der Waals surface area contributed by atoms with Gasteiger partial charge in [-0.3, -0.25) is 4.79 Å². The monoisotopic (exact) mass is 317 g/mol. The van der Waals surface area contributed by atoms with E-state index in [0.29, 0.717) is 4.34 Å². The Morgan fingerprint density at radius 2 is 2.25 bits per heavy atom. The fourth-order valence-corrected chi connectivity index (χ4v) is 2.60. The van der Waals surface area contributed by atoms with Gasteiger partial charge in [0.15, 0.2) is 4.34 Å². The number of para-hydroxylation sites is 2. The third-order valence-corrected chi connectivity index (χ3v) is 3.90. The van der Waals surface area contributed by atoms with Crippen LogP contribution in [0.25, 0.3) is 0 Å². The van der Waals surface area contributed by atoms with Crippen LogP contribution in [0.1, 0.15) is 0 Å². The molecule has 1 aromatic carbocycles. The molecule has 0 spiro atoms. The number of nitrogens with zero attached hydrogens (tertiary/aromatic N) is 2.